The maximum absolute atomic E-state index is 5.10. The average Bonchev–Trinajstić information content (AvgIpc) is 2.28. The molecule has 0 aliphatic carbocycles. The Kier molecular flexibility index (Phi) is 1.51. The number of hydrogen-bond acceptors (Lipinski definition) is 1. The Morgan fingerprint density at radius 2 is 2.33 bits per heavy atom. The molecule has 12 heavy (non-hydrogen) atoms. The zero-order chi connectivity index (χ0) is 8.72. The largest absolute Gasteiger partial charge is 0.326 e. The van der Waals surface area contributed by atoms with Crippen molar-refractivity contribution in [2.45, 2.75) is 0 Å². The smallest absolute Gasteiger partial charge is 0.194 e. The van der Waals surface area contributed by atoms with Gasteiger partial charge >= 0.3 is 0 Å². The third kappa shape index (κ3) is 0.956. The van der Waals surface area contributed by atoms with Crippen LogP contribution >= 0.6 is 12.2 Å². The number of aromatic amines is 1. The van der Waals surface area contributed by atoms with Crippen molar-refractivity contribution in [1.29, 1.82) is 0 Å². The first-order valence-corrected chi connectivity index (χ1v) is 4.13. The van der Waals surface area contributed by atoms with Crippen LogP contribution in [0.3, 0.4) is 0 Å². The van der Waals surface area contributed by atoms with Crippen molar-refractivity contribution in [1.82, 2.24) is 9.55 Å². The molecule has 3 nitrogen and oxygen atoms in total. The summed E-state index contributed by atoms with van der Waals surface area (Å²) >= 11 is 5.10. The first-order valence-electron chi connectivity index (χ1n) is 3.72. The highest BCUT2D eigenvalue weighted by atomic mass is 32.1. The van der Waals surface area contributed by atoms with Gasteiger partial charge in [0.15, 0.2) is 17.2 Å². The summed E-state index contributed by atoms with van der Waals surface area (Å²) in [5.74, 6) is 0. The van der Waals surface area contributed by atoms with Gasteiger partial charge in [-0.1, -0.05) is 0 Å². The first-order chi connectivity index (χ1) is 5.68. The standard InChI is InChI=1S/C8H9N3S/c1-10-4-3-7-6(5-10)9-8(12)11(7)2/h3-5H,1-2H3/p+1. The molecule has 0 radical (unpaired) electrons. The number of pyridine rings is 1. The summed E-state index contributed by atoms with van der Waals surface area (Å²) in [6, 6.07) is 2.04. The number of nitrogens with zero attached hydrogens (tertiary/aromatic N) is 2. The normalized spacial score (nSPS) is 10.8. The zero-order valence-corrected chi connectivity index (χ0v) is 7.85. The summed E-state index contributed by atoms with van der Waals surface area (Å²) < 4.78 is 4.72. The molecule has 0 saturated heterocycles. The summed E-state index contributed by atoms with van der Waals surface area (Å²) in [5.41, 5.74) is 2.21. The Balaban J connectivity index is 2.96. The topological polar surface area (TPSA) is 24.6 Å². The predicted molar refractivity (Wildman–Crippen MR) is 49.3 cm³/mol. The maximum atomic E-state index is 5.10. The van der Waals surface area contributed by atoms with Crippen LogP contribution < -0.4 is 4.57 Å². The van der Waals surface area contributed by atoms with E-state index in [2.05, 4.69) is 4.98 Å². The quantitative estimate of drug-likeness (QED) is 0.476. The van der Waals surface area contributed by atoms with E-state index in [1.807, 2.05) is 41.7 Å². The summed E-state index contributed by atoms with van der Waals surface area (Å²) in [5, 5.41) is 0. The fourth-order valence-electron chi connectivity index (χ4n) is 1.29. The van der Waals surface area contributed by atoms with E-state index >= 15 is 0 Å². The first kappa shape index (κ1) is 7.49. The third-order valence-electron chi connectivity index (χ3n) is 1.98. The highest BCUT2D eigenvalue weighted by Crippen LogP contribution is 2.08. The van der Waals surface area contributed by atoms with E-state index in [0.717, 1.165) is 15.8 Å². The van der Waals surface area contributed by atoms with Crippen LogP contribution in [0.1, 0.15) is 0 Å². The van der Waals surface area contributed by atoms with Gasteiger partial charge in [-0.25, -0.2) is 4.57 Å². The molecule has 2 rings (SSSR count). The summed E-state index contributed by atoms with van der Waals surface area (Å²) in [6.07, 6.45) is 4.02. The number of fused-ring (bicyclic) bond motifs is 1. The molecule has 2 heterocycles. The minimum Gasteiger partial charge on any atom is -0.326 e. The van der Waals surface area contributed by atoms with E-state index < -0.39 is 0 Å². The second-order valence-electron chi connectivity index (χ2n) is 2.90. The van der Waals surface area contributed by atoms with E-state index in [0.29, 0.717) is 0 Å². The van der Waals surface area contributed by atoms with Crippen molar-refractivity contribution in [2.75, 3.05) is 0 Å². The van der Waals surface area contributed by atoms with Crippen molar-refractivity contribution in [3.05, 3.63) is 23.2 Å². The minimum atomic E-state index is 0.760. The molecule has 2 aromatic heterocycles. The van der Waals surface area contributed by atoms with Gasteiger partial charge in [0, 0.05) is 13.1 Å². The van der Waals surface area contributed by atoms with Crippen LogP contribution in [-0.4, -0.2) is 9.55 Å². The SMILES string of the molecule is Cn1c(=S)[nH]c2c[n+](C)ccc21. The maximum Gasteiger partial charge on any atom is 0.194 e. The molecule has 4 heteroatoms. The number of hydrogen-bond donors (Lipinski definition) is 1. The van der Waals surface area contributed by atoms with Crippen LogP contribution in [0.15, 0.2) is 18.5 Å². The number of aromatic nitrogens is 3. The minimum absolute atomic E-state index is 0.760. The van der Waals surface area contributed by atoms with Gasteiger partial charge in [0.25, 0.3) is 0 Å². The number of imidazole rings is 1. The van der Waals surface area contributed by atoms with Gasteiger partial charge in [-0.3, -0.25) is 0 Å². The molecule has 0 aromatic carbocycles. The Morgan fingerprint density at radius 1 is 1.58 bits per heavy atom. The van der Waals surface area contributed by atoms with Crippen molar-refractivity contribution in [3.8, 4) is 0 Å². The summed E-state index contributed by atoms with van der Waals surface area (Å²) in [4.78, 5) is 3.12. The lowest BCUT2D eigenvalue weighted by Crippen LogP contribution is -2.25. The van der Waals surface area contributed by atoms with E-state index in [1.54, 1.807) is 0 Å². The Bertz CT molecular complexity index is 480. The van der Waals surface area contributed by atoms with Gasteiger partial charge in [-0.2, -0.15) is 0 Å². The third-order valence-corrected chi connectivity index (χ3v) is 2.36. The fraction of sp³-hybridized carbons (Fsp3) is 0.250. The molecule has 0 atom stereocenters. The predicted octanol–water partition coefficient (Wildman–Crippen LogP) is 1.06. The lowest BCUT2D eigenvalue weighted by molar-refractivity contribution is -0.670. The molecular weight excluding hydrogens is 170 g/mol. The molecule has 0 saturated carbocycles. The molecule has 0 unspecified atom stereocenters. The van der Waals surface area contributed by atoms with Gasteiger partial charge in [0.1, 0.15) is 12.6 Å². The highest BCUT2D eigenvalue weighted by Gasteiger charge is 2.03. The monoisotopic (exact) mass is 180 g/mol. The second kappa shape index (κ2) is 2.42. The van der Waals surface area contributed by atoms with Crippen molar-refractivity contribution in [2.24, 2.45) is 14.1 Å². The fourth-order valence-corrected chi connectivity index (χ4v) is 1.50. The molecule has 1 N–H and O–H groups in total. The van der Waals surface area contributed by atoms with Crippen molar-refractivity contribution >= 4 is 23.3 Å². The van der Waals surface area contributed by atoms with Gasteiger partial charge < -0.3 is 9.55 Å². The van der Waals surface area contributed by atoms with Crippen LogP contribution in [-0.2, 0) is 14.1 Å². The molecule has 0 aliphatic rings. The van der Waals surface area contributed by atoms with Gasteiger partial charge in [0.2, 0.25) is 0 Å². The van der Waals surface area contributed by atoms with Crippen molar-refractivity contribution in [3.63, 3.8) is 0 Å². The van der Waals surface area contributed by atoms with E-state index in [1.165, 1.54) is 0 Å². The number of rotatable bonds is 0. The van der Waals surface area contributed by atoms with Gasteiger partial charge in [-0.05, 0) is 12.2 Å². The Labute approximate surface area is 75.3 Å². The molecule has 0 amide bonds. The van der Waals surface area contributed by atoms with E-state index in [4.69, 9.17) is 12.2 Å². The number of aryl methyl sites for hydroxylation is 2. The van der Waals surface area contributed by atoms with E-state index in [9.17, 15) is 0 Å². The Hall–Kier alpha value is -1.16. The van der Waals surface area contributed by atoms with Crippen LogP contribution in [0.2, 0.25) is 0 Å². The van der Waals surface area contributed by atoms with Crippen LogP contribution in [0.25, 0.3) is 11.0 Å². The summed E-state index contributed by atoms with van der Waals surface area (Å²) in [7, 11) is 3.95. The molecular formula is C8H10N3S+. The lowest BCUT2D eigenvalue weighted by atomic mass is 10.4. The van der Waals surface area contributed by atoms with E-state index in [-0.39, 0.29) is 0 Å². The second-order valence-corrected chi connectivity index (χ2v) is 3.29. The molecule has 0 fully saturated rings. The average molecular weight is 180 g/mol. The molecule has 0 bridgehead atoms. The number of nitrogens with one attached hydrogen (secondary N) is 1. The van der Waals surface area contributed by atoms with Crippen molar-refractivity contribution < 1.29 is 4.57 Å². The Morgan fingerprint density at radius 3 is 3.08 bits per heavy atom. The van der Waals surface area contributed by atoms with Crippen LogP contribution in [0.5, 0.6) is 0 Å². The highest BCUT2D eigenvalue weighted by molar-refractivity contribution is 7.71. The zero-order valence-electron chi connectivity index (χ0n) is 7.03. The van der Waals surface area contributed by atoms with Gasteiger partial charge in [0.05, 0.1) is 5.52 Å². The van der Waals surface area contributed by atoms with Crippen LogP contribution in [0.4, 0.5) is 0 Å². The molecule has 62 valence electrons. The molecule has 2 aromatic rings. The lowest BCUT2D eigenvalue weighted by Gasteiger charge is -1.90. The van der Waals surface area contributed by atoms with Crippen LogP contribution in [0, 0.1) is 4.77 Å². The summed E-state index contributed by atoms with van der Waals surface area (Å²) in [6.45, 7) is 0. The molecule has 0 spiro atoms. The molecule has 0 aliphatic heterocycles. The van der Waals surface area contributed by atoms with Gasteiger partial charge in [-0.15, -0.1) is 0 Å². The number of H-pyrrole nitrogens is 1.